The van der Waals surface area contributed by atoms with Crippen molar-refractivity contribution in [1.82, 2.24) is 4.90 Å². The quantitative estimate of drug-likeness (QED) is 0.797. The lowest BCUT2D eigenvalue weighted by molar-refractivity contribution is -0.0586. The van der Waals surface area contributed by atoms with Gasteiger partial charge in [0.2, 0.25) is 0 Å². The highest BCUT2D eigenvalue weighted by Gasteiger charge is 2.26. The number of carbonyl (C=O) groups excluding carboxylic acids is 1. The van der Waals surface area contributed by atoms with Gasteiger partial charge in [0.15, 0.2) is 0 Å². The van der Waals surface area contributed by atoms with E-state index in [1.54, 1.807) is 4.90 Å². The van der Waals surface area contributed by atoms with Gasteiger partial charge in [0, 0.05) is 18.7 Å². The van der Waals surface area contributed by atoms with Crippen LogP contribution in [0.3, 0.4) is 0 Å². The second-order valence-corrected chi connectivity index (χ2v) is 5.45. The Kier molecular flexibility index (Phi) is 4.02. The molecule has 0 N–H and O–H groups in total. The van der Waals surface area contributed by atoms with Crippen LogP contribution >= 0.6 is 15.9 Å². The molecule has 1 amide bonds. The first-order chi connectivity index (χ1) is 8.47. The van der Waals surface area contributed by atoms with Crippen molar-refractivity contribution in [2.75, 3.05) is 13.1 Å². The van der Waals surface area contributed by atoms with Crippen molar-refractivity contribution < 1.29 is 13.9 Å². The SMILES string of the molecule is C[C@@H]1CN(C(=O)c2ccc(F)c(Br)c2)C[C@H](C)O1. The highest BCUT2D eigenvalue weighted by molar-refractivity contribution is 9.10. The molecular formula is C13H15BrFNO2. The number of hydrogen-bond donors (Lipinski definition) is 0. The molecule has 2 atom stereocenters. The predicted octanol–water partition coefficient (Wildman–Crippen LogP) is 2.84. The van der Waals surface area contributed by atoms with E-state index in [-0.39, 0.29) is 23.9 Å². The fourth-order valence-corrected chi connectivity index (χ4v) is 2.53. The van der Waals surface area contributed by atoms with Crippen molar-refractivity contribution in [1.29, 1.82) is 0 Å². The molecule has 1 fully saturated rings. The topological polar surface area (TPSA) is 29.5 Å². The van der Waals surface area contributed by atoms with E-state index >= 15 is 0 Å². The zero-order chi connectivity index (χ0) is 13.3. The maximum Gasteiger partial charge on any atom is 0.254 e. The average molecular weight is 316 g/mol. The summed E-state index contributed by atoms with van der Waals surface area (Å²) in [5.41, 5.74) is 0.490. The van der Waals surface area contributed by atoms with E-state index in [2.05, 4.69) is 15.9 Å². The van der Waals surface area contributed by atoms with Crippen LogP contribution in [-0.2, 0) is 4.74 Å². The molecule has 0 radical (unpaired) electrons. The van der Waals surface area contributed by atoms with E-state index in [0.717, 1.165) is 0 Å². The Morgan fingerprint density at radius 1 is 1.39 bits per heavy atom. The number of nitrogens with zero attached hydrogens (tertiary/aromatic N) is 1. The number of halogens is 2. The third-order valence-corrected chi connectivity index (χ3v) is 3.48. The van der Waals surface area contributed by atoms with Crippen LogP contribution in [0.15, 0.2) is 22.7 Å². The van der Waals surface area contributed by atoms with E-state index in [1.165, 1.54) is 18.2 Å². The van der Waals surface area contributed by atoms with Crippen LogP contribution in [0, 0.1) is 5.82 Å². The van der Waals surface area contributed by atoms with Gasteiger partial charge in [0.25, 0.3) is 5.91 Å². The van der Waals surface area contributed by atoms with Crippen molar-refractivity contribution in [2.24, 2.45) is 0 Å². The van der Waals surface area contributed by atoms with Crippen molar-refractivity contribution in [3.8, 4) is 0 Å². The first-order valence-corrected chi connectivity index (χ1v) is 6.66. The monoisotopic (exact) mass is 315 g/mol. The van der Waals surface area contributed by atoms with Crippen molar-refractivity contribution >= 4 is 21.8 Å². The molecule has 1 aliphatic heterocycles. The number of rotatable bonds is 1. The van der Waals surface area contributed by atoms with Gasteiger partial charge in [-0.15, -0.1) is 0 Å². The Balaban J connectivity index is 2.17. The summed E-state index contributed by atoms with van der Waals surface area (Å²) in [6.45, 7) is 5.02. The van der Waals surface area contributed by atoms with Crippen molar-refractivity contribution in [3.05, 3.63) is 34.1 Å². The molecule has 3 nitrogen and oxygen atoms in total. The van der Waals surface area contributed by atoms with E-state index in [1.807, 2.05) is 13.8 Å². The number of benzene rings is 1. The van der Waals surface area contributed by atoms with Gasteiger partial charge in [0.05, 0.1) is 16.7 Å². The molecule has 0 saturated carbocycles. The Bertz CT molecular complexity index is 456. The van der Waals surface area contributed by atoms with Crippen LogP contribution in [0.5, 0.6) is 0 Å². The summed E-state index contributed by atoms with van der Waals surface area (Å²) in [5, 5.41) is 0. The fourth-order valence-electron chi connectivity index (χ4n) is 2.16. The zero-order valence-corrected chi connectivity index (χ0v) is 11.9. The third kappa shape index (κ3) is 2.90. The number of ether oxygens (including phenoxy) is 1. The summed E-state index contributed by atoms with van der Waals surface area (Å²) >= 11 is 3.09. The maximum atomic E-state index is 13.1. The molecule has 0 bridgehead atoms. The molecule has 1 heterocycles. The van der Waals surface area contributed by atoms with Crippen LogP contribution in [0.25, 0.3) is 0 Å². The molecule has 1 saturated heterocycles. The van der Waals surface area contributed by atoms with Crippen LogP contribution in [0.4, 0.5) is 4.39 Å². The Labute approximate surface area is 114 Å². The largest absolute Gasteiger partial charge is 0.372 e. The lowest BCUT2D eigenvalue weighted by atomic mass is 10.1. The minimum atomic E-state index is -0.365. The minimum Gasteiger partial charge on any atom is -0.372 e. The number of carbonyl (C=O) groups is 1. The normalized spacial score (nSPS) is 24.1. The molecular weight excluding hydrogens is 301 g/mol. The second-order valence-electron chi connectivity index (χ2n) is 4.60. The van der Waals surface area contributed by atoms with Gasteiger partial charge < -0.3 is 9.64 Å². The average Bonchev–Trinajstić information content (AvgIpc) is 2.30. The lowest BCUT2D eigenvalue weighted by Gasteiger charge is -2.35. The molecule has 0 aliphatic carbocycles. The molecule has 1 aliphatic rings. The van der Waals surface area contributed by atoms with E-state index < -0.39 is 0 Å². The zero-order valence-electron chi connectivity index (χ0n) is 10.3. The lowest BCUT2D eigenvalue weighted by Crippen LogP contribution is -2.48. The molecule has 1 aromatic rings. The second kappa shape index (κ2) is 5.36. The van der Waals surface area contributed by atoms with E-state index in [9.17, 15) is 9.18 Å². The number of morpholine rings is 1. The highest BCUT2D eigenvalue weighted by Crippen LogP contribution is 2.19. The summed E-state index contributed by atoms with van der Waals surface area (Å²) in [6, 6.07) is 4.32. The van der Waals surface area contributed by atoms with E-state index in [4.69, 9.17) is 4.74 Å². The Hall–Kier alpha value is -0.940. The molecule has 18 heavy (non-hydrogen) atoms. The van der Waals surface area contributed by atoms with Gasteiger partial charge in [-0.1, -0.05) is 0 Å². The van der Waals surface area contributed by atoms with Gasteiger partial charge in [0.1, 0.15) is 5.82 Å². The standard InChI is InChI=1S/C13H15BrFNO2/c1-8-6-16(7-9(2)18-8)13(17)10-3-4-12(15)11(14)5-10/h3-5,8-9H,6-7H2,1-2H3/t8-,9+. The molecule has 0 spiro atoms. The van der Waals surface area contributed by atoms with Gasteiger partial charge >= 0.3 is 0 Å². The molecule has 2 rings (SSSR count). The first kappa shape index (κ1) is 13.5. The summed E-state index contributed by atoms with van der Waals surface area (Å²) in [7, 11) is 0. The molecule has 1 aromatic carbocycles. The molecule has 0 unspecified atom stereocenters. The Morgan fingerprint density at radius 3 is 2.56 bits per heavy atom. The van der Waals surface area contributed by atoms with E-state index in [0.29, 0.717) is 23.1 Å². The summed E-state index contributed by atoms with van der Waals surface area (Å²) < 4.78 is 19.0. The number of hydrogen-bond acceptors (Lipinski definition) is 2. The minimum absolute atomic E-state index is 0.0292. The van der Waals surface area contributed by atoms with Crippen molar-refractivity contribution in [2.45, 2.75) is 26.1 Å². The Morgan fingerprint density at radius 2 is 2.00 bits per heavy atom. The van der Waals surface area contributed by atoms with Gasteiger partial charge in [-0.05, 0) is 48.0 Å². The molecule has 98 valence electrons. The van der Waals surface area contributed by atoms with Crippen LogP contribution < -0.4 is 0 Å². The maximum absolute atomic E-state index is 13.1. The summed E-state index contributed by atoms with van der Waals surface area (Å²) in [6.07, 6.45) is 0.0585. The van der Waals surface area contributed by atoms with Gasteiger partial charge in [-0.3, -0.25) is 4.79 Å². The highest BCUT2D eigenvalue weighted by atomic mass is 79.9. The fraction of sp³-hybridized carbons (Fsp3) is 0.462. The van der Waals surface area contributed by atoms with Crippen LogP contribution in [0.1, 0.15) is 24.2 Å². The molecule has 5 heteroatoms. The predicted molar refractivity (Wildman–Crippen MR) is 70.0 cm³/mol. The summed E-state index contributed by atoms with van der Waals surface area (Å²) in [4.78, 5) is 14.0. The third-order valence-electron chi connectivity index (χ3n) is 2.87. The van der Waals surface area contributed by atoms with Crippen LogP contribution in [0.2, 0.25) is 0 Å². The first-order valence-electron chi connectivity index (χ1n) is 5.87. The number of amides is 1. The van der Waals surface area contributed by atoms with Crippen LogP contribution in [-0.4, -0.2) is 36.1 Å². The van der Waals surface area contributed by atoms with Gasteiger partial charge in [-0.25, -0.2) is 4.39 Å². The summed E-state index contributed by atoms with van der Waals surface area (Å²) in [5.74, 6) is -0.451. The smallest absolute Gasteiger partial charge is 0.254 e. The molecule has 0 aromatic heterocycles. The van der Waals surface area contributed by atoms with Gasteiger partial charge in [-0.2, -0.15) is 0 Å². The van der Waals surface area contributed by atoms with Crippen molar-refractivity contribution in [3.63, 3.8) is 0 Å².